The number of rotatable bonds is 30. The number of hydrogen-bond acceptors (Lipinski definition) is 11. The Morgan fingerprint density at radius 2 is 1.23 bits per heavy atom. The van der Waals surface area contributed by atoms with Gasteiger partial charge in [0.05, 0.1) is 8.96 Å². The molecule has 0 bridgehead atoms. The maximum absolute atomic E-state index is 12.4. The lowest BCUT2D eigenvalue weighted by Crippen LogP contribution is -2.44. The molecule has 0 heterocycles. The van der Waals surface area contributed by atoms with Crippen LogP contribution >= 0.6 is 8.96 Å². The fraction of sp³-hybridized carbons (Fsp3) is 0.750. The van der Waals surface area contributed by atoms with Crippen molar-refractivity contribution in [1.82, 2.24) is 20.6 Å². The zero-order valence-electron chi connectivity index (χ0n) is 26.5. The normalized spacial score (nSPS) is 13.2. The molecule has 0 aromatic heterocycles. The predicted molar refractivity (Wildman–Crippen MR) is 168 cm³/mol. The van der Waals surface area contributed by atoms with Crippen LogP contribution in [0.25, 0.3) is 0 Å². The summed E-state index contributed by atoms with van der Waals surface area (Å²) in [5, 5.41) is 44.5. The first kappa shape index (κ1) is 43.6. The van der Waals surface area contributed by atoms with E-state index in [0.717, 1.165) is 23.9 Å². The number of nitrogens with zero attached hydrogens (tertiary/aromatic N) is 1. The molecule has 0 radical (unpaired) electrons. The minimum Gasteiger partial charge on any atom is -0.481 e. The molecule has 0 aliphatic rings. The van der Waals surface area contributed by atoms with Crippen LogP contribution in [0.5, 0.6) is 0 Å². The maximum atomic E-state index is 12.4. The average molecular weight is 696 g/mol. The first-order chi connectivity index (χ1) is 22.3. The Kier molecular flexibility index (Phi) is 24.7. The molecule has 18 nitrogen and oxygen atoms in total. The lowest BCUT2D eigenvalue weighted by molar-refractivity contribution is -0.144. The van der Waals surface area contributed by atoms with E-state index >= 15 is 0 Å². The van der Waals surface area contributed by atoms with Gasteiger partial charge in [-0.1, -0.05) is 12.8 Å². The van der Waals surface area contributed by atoms with Crippen LogP contribution in [-0.2, 0) is 38.3 Å². The van der Waals surface area contributed by atoms with Crippen molar-refractivity contribution in [1.29, 1.82) is 0 Å². The molecular weight excluding hydrogens is 645 g/mol. The van der Waals surface area contributed by atoms with Gasteiger partial charge in [-0.25, -0.2) is 14.3 Å². The minimum absolute atomic E-state index is 0.0390. The fourth-order valence-corrected chi connectivity index (χ4v) is 4.78. The van der Waals surface area contributed by atoms with Gasteiger partial charge in [-0.2, -0.15) is 0 Å². The van der Waals surface area contributed by atoms with Crippen molar-refractivity contribution in [3.05, 3.63) is 0 Å². The monoisotopic (exact) mass is 695 g/mol. The van der Waals surface area contributed by atoms with Crippen molar-refractivity contribution in [2.24, 2.45) is 5.73 Å². The second-order valence-corrected chi connectivity index (χ2v) is 11.5. The highest BCUT2D eigenvalue weighted by Gasteiger charge is 2.27. The van der Waals surface area contributed by atoms with Crippen LogP contribution in [0, 0.1) is 0 Å². The van der Waals surface area contributed by atoms with Gasteiger partial charge in [0.15, 0.2) is 0 Å². The number of carbonyl (C=O) groups excluding carboxylic acids is 3. The Balaban J connectivity index is 4.45. The van der Waals surface area contributed by atoms with Gasteiger partial charge >= 0.3 is 23.9 Å². The Labute approximate surface area is 275 Å². The highest BCUT2D eigenvalue weighted by atomic mass is 31.1. The molecule has 0 saturated heterocycles. The summed E-state index contributed by atoms with van der Waals surface area (Å²) in [6.45, 7) is 0.649. The second-order valence-electron chi connectivity index (χ2n) is 10.8. The van der Waals surface area contributed by atoms with E-state index in [1.54, 1.807) is 0 Å². The van der Waals surface area contributed by atoms with E-state index in [9.17, 15) is 53.8 Å². The number of hydrogen-bond donors (Lipinski definition) is 9. The lowest BCUT2D eigenvalue weighted by Gasteiger charge is -2.25. The number of aliphatic carboxylic acids is 4. The molecule has 47 heavy (non-hydrogen) atoms. The summed E-state index contributed by atoms with van der Waals surface area (Å²) < 4.78 is 6.33. The minimum atomic E-state index is -1.36. The topological polar surface area (TPSA) is 295 Å². The first-order valence-electron chi connectivity index (χ1n) is 15.5. The molecule has 0 aromatic rings. The van der Waals surface area contributed by atoms with Gasteiger partial charge < -0.3 is 51.7 Å². The number of carbonyl (C=O) groups is 7. The third-order valence-electron chi connectivity index (χ3n) is 6.87. The van der Waals surface area contributed by atoms with Crippen LogP contribution in [-0.4, -0.2) is 116 Å². The largest absolute Gasteiger partial charge is 0.481 e. The maximum Gasteiger partial charge on any atom is 0.326 e. The van der Waals surface area contributed by atoms with Crippen LogP contribution in [0.15, 0.2) is 0 Å². The third kappa shape index (κ3) is 22.7. The summed E-state index contributed by atoms with van der Waals surface area (Å²) in [4.78, 5) is 91.2. The summed E-state index contributed by atoms with van der Waals surface area (Å²) >= 11 is 0. The molecule has 270 valence electrons. The molecule has 0 aliphatic carbocycles. The molecule has 10 N–H and O–H groups in total. The number of nitrogens with one attached hydrogen (secondary N) is 3. The number of nitrogens with two attached hydrogens (primary N) is 1. The van der Waals surface area contributed by atoms with E-state index in [-0.39, 0.29) is 57.8 Å². The zero-order chi connectivity index (χ0) is 35.6. The van der Waals surface area contributed by atoms with E-state index in [1.165, 1.54) is 0 Å². The first-order valence-corrected chi connectivity index (χ1v) is 16.4. The van der Waals surface area contributed by atoms with Crippen molar-refractivity contribution in [2.45, 2.75) is 108 Å². The number of ether oxygens (including phenoxy) is 1. The molecule has 0 saturated carbocycles. The molecule has 0 aromatic carbocycles. The van der Waals surface area contributed by atoms with Crippen molar-refractivity contribution in [2.75, 3.05) is 26.4 Å². The lowest BCUT2D eigenvalue weighted by atomic mass is 10.1. The summed E-state index contributed by atoms with van der Waals surface area (Å²) in [7, 11) is -0.983. The highest BCUT2D eigenvalue weighted by Crippen LogP contribution is 2.20. The average Bonchev–Trinajstić information content (AvgIpc) is 3.00. The van der Waals surface area contributed by atoms with E-state index < -0.39 is 69.2 Å². The standard InChI is InChI=1S/C28H50N5O13P/c29-15-5-1-3-9-22(34)30-16-6-2-4-10-23(35)32-20(27(41)42)11-13-24(36)31-19(26(39)40)8-7-17-46-18-33(47-45)21(28(43)44)12-14-25(37)38/h19-21,45,47H,1-18,29H2,(H,30,34)(H,31,36)(H,32,35)(H,37,38)(H,39,40)(H,41,42)(H,43,44). The van der Waals surface area contributed by atoms with Crippen LogP contribution in [0.4, 0.5) is 0 Å². The Morgan fingerprint density at radius 3 is 1.79 bits per heavy atom. The number of amides is 3. The van der Waals surface area contributed by atoms with Gasteiger partial charge in [-0.15, -0.1) is 0 Å². The summed E-state index contributed by atoms with van der Waals surface area (Å²) in [5.74, 6) is -6.52. The number of unbranched alkanes of at least 4 members (excludes halogenated alkanes) is 4. The van der Waals surface area contributed by atoms with Crippen LogP contribution in [0.3, 0.4) is 0 Å². The molecular formula is C28H50N5O13P. The number of carboxylic acid groups (broad SMARTS) is 4. The van der Waals surface area contributed by atoms with Gasteiger partial charge in [0.2, 0.25) is 17.7 Å². The molecule has 19 heteroatoms. The number of carboxylic acids is 4. The summed E-state index contributed by atoms with van der Waals surface area (Å²) in [6, 6.07) is -3.99. The second kappa shape index (κ2) is 26.6. The van der Waals surface area contributed by atoms with E-state index in [0.29, 0.717) is 38.8 Å². The Bertz CT molecular complexity index is 1000. The van der Waals surface area contributed by atoms with Gasteiger partial charge in [-0.3, -0.25) is 24.0 Å². The van der Waals surface area contributed by atoms with Gasteiger partial charge in [0.25, 0.3) is 0 Å². The summed E-state index contributed by atoms with van der Waals surface area (Å²) in [6.07, 6.45) is 3.50. The Hall–Kier alpha value is -3.44. The molecule has 0 fully saturated rings. The van der Waals surface area contributed by atoms with E-state index in [2.05, 4.69) is 16.0 Å². The van der Waals surface area contributed by atoms with Gasteiger partial charge in [0.1, 0.15) is 24.9 Å². The SMILES string of the molecule is NCCCCCC(=O)NCCCCCC(=O)NC(CCC(=O)NC(CCCOCN(PO)C(CCC(=O)O)C(=O)O)C(=O)O)C(=O)O. The van der Waals surface area contributed by atoms with Crippen molar-refractivity contribution >= 4 is 50.6 Å². The highest BCUT2D eigenvalue weighted by molar-refractivity contribution is 7.28. The van der Waals surface area contributed by atoms with E-state index in [4.69, 9.17) is 15.6 Å². The molecule has 0 spiro atoms. The van der Waals surface area contributed by atoms with Crippen molar-refractivity contribution in [3.8, 4) is 0 Å². The van der Waals surface area contributed by atoms with Crippen molar-refractivity contribution in [3.63, 3.8) is 0 Å². The van der Waals surface area contributed by atoms with Crippen LogP contribution in [0.2, 0.25) is 0 Å². The summed E-state index contributed by atoms with van der Waals surface area (Å²) in [5.41, 5.74) is 5.42. The molecule has 0 aliphatic heterocycles. The smallest absolute Gasteiger partial charge is 0.326 e. The van der Waals surface area contributed by atoms with Gasteiger partial charge in [0, 0.05) is 38.8 Å². The van der Waals surface area contributed by atoms with Crippen LogP contribution < -0.4 is 21.7 Å². The third-order valence-corrected chi connectivity index (χ3v) is 7.57. The van der Waals surface area contributed by atoms with Crippen molar-refractivity contribution < 1.29 is 63.6 Å². The molecule has 4 unspecified atom stereocenters. The van der Waals surface area contributed by atoms with E-state index in [1.807, 2.05) is 0 Å². The van der Waals surface area contributed by atoms with Gasteiger partial charge in [-0.05, 0) is 57.9 Å². The zero-order valence-corrected chi connectivity index (χ0v) is 27.5. The fourth-order valence-electron chi connectivity index (χ4n) is 4.25. The predicted octanol–water partition coefficient (Wildman–Crippen LogP) is -0.0238. The quantitative estimate of drug-likeness (QED) is 0.0271. The van der Waals surface area contributed by atoms with Crippen LogP contribution in [0.1, 0.15) is 89.9 Å². The Morgan fingerprint density at radius 1 is 0.660 bits per heavy atom. The molecule has 4 atom stereocenters. The molecule has 3 amide bonds. The molecule has 0 rings (SSSR count).